The van der Waals surface area contributed by atoms with Gasteiger partial charge in [0.25, 0.3) is 0 Å². The predicted octanol–water partition coefficient (Wildman–Crippen LogP) is -1.10. The summed E-state index contributed by atoms with van der Waals surface area (Å²) in [6.07, 6.45) is 0.520. The van der Waals surface area contributed by atoms with Gasteiger partial charge in [-0.3, -0.25) is 9.59 Å². The molecule has 92 valence electrons. The van der Waals surface area contributed by atoms with Crippen LogP contribution in [0.4, 0.5) is 0 Å². The first-order valence-corrected chi connectivity index (χ1v) is 6.88. The van der Waals surface area contributed by atoms with Gasteiger partial charge in [0, 0.05) is 25.9 Å². The molecule has 0 bridgehead atoms. The minimum atomic E-state index is -2.99. The molecule has 7 heteroatoms. The highest BCUT2D eigenvalue weighted by molar-refractivity contribution is 7.91. The minimum Gasteiger partial charge on any atom is -0.370 e. The van der Waals surface area contributed by atoms with E-state index in [0.29, 0.717) is 6.42 Å². The Morgan fingerprint density at radius 3 is 2.44 bits per heavy atom. The molecule has 0 radical (unpaired) electrons. The molecular weight excluding hydrogens is 232 g/mol. The van der Waals surface area contributed by atoms with Gasteiger partial charge < -0.3 is 10.6 Å². The van der Waals surface area contributed by atoms with E-state index < -0.39 is 15.7 Å². The Labute approximate surface area is 94.7 Å². The number of nitrogens with two attached hydrogens (primary N) is 1. The van der Waals surface area contributed by atoms with Crippen molar-refractivity contribution in [3.05, 3.63) is 0 Å². The Balaban J connectivity index is 2.49. The maximum Gasteiger partial charge on any atom is 0.223 e. The Kier molecular flexibility index (Phi) is 3.90. The zero-order valence-corrected chi connectivity index (χ0v) is 10.00. The molecule has 16 heavy (non-hydrogen) atoms. The molecular formula is C9H16N2O4S. The lowest BCUT2D eigenvalue weighted by molar-refractivity contribution is -0.133. The highest BCUT2D eigenvalue weighted by Gasteiger charge is 2.32. The van der Waals surface area contributed by atoms with E-state index in [1.54, 1.807) is 7.05 Å². The van der Waals surface area contributed by atoms with Gasteiger partial charge in [0.15, 0.2) is 9.84 Å². The van der Waals surface area contributed by atoms with Crippen molar-refractivity contribution in [2.45, 2.75) is 25.3 Å². The zero-order chi connectivity index (χ0) is 12.3. The normalized spacial score (nSPS) is 22.9. The van der Waals surface area contributed by atoms with Crippen LogP contribution in [0.1, 0.15) is 19.3 Å². The Hall–Kier alpha value is -1.11. The maximum absolute atomic E-state index is 11.6. The maximum atomic E-state index is 11.6. The number of sulfone groups is 1. The summed E-state index contributed by atoms with van der Waals surface area (Å²) in [4.78, 5) is 23.5. The first-order valence-electron chi connectivity index (χ1n) is 5.06. The summed E-state index contributed by atoms with van der Waals surface area (Å²) in [5, 5.41) is 0. The summed E-state index contributed by atoms with van der Waals surface area (Å²) in [6, 6.07) is -0.259. The highest BCUT2D eigenvalue weighted by atomic mass is 32.2. The fraction of sp³-hybridized carbons (Fsp3) is 0.778. The number of nitrogens with zero attached hydrogens (tertiary/aromatic N) is 1. The SMILES string of the molecule is CN(C(=O)CCC(N)=O)C1CCS(=O)(=O)C1. The zero-order valence-electron chi connectivity index (χ0n) is 9.18. The van der Waals surface area contributed by atoms with E-state index in [-0.39, 0.29) is 36.3 Å². The fourth-order valence-corrected chi connectivity index (χ4v) is 3.47. The van der Waals surface area contributed by atoms with E-state index in [9.17, 15) is 18.0 Å². The largest absolute Gasteiger partial charge is 0.370 e. The minimum absolute atomic E-state index is 0.00262. The molecule has 1 atom stereocenters. The van der Waals surface area contributed by atoms with Crippen molar-refractivity contribution in [2.75, 3.05) is 18.6 Å². The Morgan fingerprint density at radius 2 is 2.00 bits per heavy atom. The summed E-state index contributed by atoms with van der Waals surface area (Å²) >= 11 is 0. The van der Waals surface area contributed by atoms with Crippen LogP contribution in [-0.4, -0.2) is 49.7 Å². The first kappa shape index (κ1) is 13.0. The molecule has 1 saturated heterocycles. The number of rotatable bonds is 4. The van der Waals surface area contributed by atoms with Crippen LogP contribution in [0.5, 0.6) is 0 Å². The van der Waals surface area contributed by atoms with Crippen LogP contribution in [-0.2, 0) is 19.4 Å². The topological polar surface area (TPSA) is 97.5 Å². The van der Waals surface area contributed by atoms with Crippen LogP contribution >= 0.6 is 0 Å². The summed E-state index contributed by atoms with van der Waals surface area (Å²) < 4.78 is 22.4. The van der Waals surface area contributed by atoms with Gasteiger partial charge in [-0.25, -0.2) is 8.42 Å². The second-order valence-electron chi connectivity index (χ2n) is 4.03. The third-order valence-corrected chi connectivity index (χ3v) is 4.49. The van der Waals surface area contributed by atoms with Gasteiger partial charge in [-0.2, -0.15) is 0 Å². The van der Waals surface area contributed by atoms with Crippen LogP contribution < -0.4 is 5.73 Å². The molecule has 2 N–H and O–H groups in total. The van der Waals surface area contributed by atoms with E-state index in [1.165, 1.54) is 4.90 Å². The molecule has 2 amide bonds. The standard InChI is InChI=1S/C9H16N2O4S/c1-11(9(13)3-2-8(10)12)7-4-5-16(14,15)6-7/h7H,2-6H2,1H3,(H2,10,12). The number of carbonyl (C=O) groups is 2. The molecule has 0 spiro atoms. The van der Waals surface area contributed by atoms with Crippen molar-refractivity contribution in [1.82, 2.24) is 4.90 Å². The number of amides is 2. The number of carbonyl (C=O) groups excluding carboxylic acids is 2. The first-order chi connectivity index (χ1) is 7.32. The second-order valence-corrected chi connectivity index (χ2v) is 6.26. The van der Waals surface area contributed by atoms with Crippen molar-refractivity contribution in [2.24, 2.45) is 5.73 Å². The van der Waals surface area contributed by atoms with Crippen LogP contribution in [0, 0.1) is 0 Å². The van der Waals surface area contributed by atoms with Crippen molar-refractivity contribution >= 4 is 21.7 Å². The molecule has 1 fully saturated rings. The highest BCUT2D eigenvalue weighted by Crippen LogP contribution is 2.17. The van der Waals surface area contributed by atoms with Gasteiger partial charge in [0.05, 0.1) is 11.5 Å². The number of hydrogen-bond donors (Lipinski definition) is 1. The van der Waals surface area contributed by atoms with Crippen LogP contribution in [0.2, 0.25) is 0 Å². The average molecular weight is 248 g/mol. The fourth-order valence-electron chi connectivity index (χ4n) is 1.69. The molecule has 6 nitrogen and oxygen atoms in total. The summed E-state index contributed by atoms with van der Waals surface area (Å²) in [6.45, 7) is 0. The molecule has 1 unspecified atom stereocenters. The molecule has 1 heterocycles. The lowest BCUT2D eigenvalue weighted by Crippen LogP contribution is -2.38. The molecule has 1 rings (SSSR count). The molecule has 0 saturated carbocycles. The molecule has 1 aliphatic heterocycles. The average Bonchev–Trinajstić information content (AvgIpc) is 2.54. The lowest BCUT2D eigenvalue weighted by atomic mass is 10.2. The second kappa shape index (κ2) is 4.82. The predicted molar refractivity (Wildman–Crippen MR) is 58.3 cm³/mol. The van der Waals surface area contributed by atoms with Gasteiger partial charge in [-0.15, -0.1) is 0 Å². The van der Waals surface area contributed by atoms with Gasteiger partial charge >= 0.3 is 0 Å². The van der Waals surface area contributed by atoms with Gasteiger partial charge in [0.2, 0.25) is 11.8 Å². The van der Waals surface area contributed by atoms with E-state index in [4.69, 9.17) is 5.73 Å². The van der Waals surface area contributed by atoms with E-state index in [0.717, 1.165) is 0 Å². The van der Waals surface area contributed by atoms with Crippen LogP contribution in [0.25, 0.3) is 0 Å². The summed E-state index contributed by atoms with van der Waals surface area (Å²) in [5.41, 5.74) is 4.93. The quantitative estimate of drug-likeness (QED) is 0.682. The molecule has 0 aliphatic carbocycles. The molecule has 1 aliphatic rings. The van der Waals surface area contributed by atoms with Crippen LogP contribution in [0.15, 0.2) is 0 Å². The van der Waals surface area contributed by atoms with E-state index >= 15 is 0 Å². The third kappa shape index (κ3) is 3.48. The van der Waals surface area contributed by atoms with Gasteiger partial charge in [-0.1, -0.05) is 0 Å². The van der Waals surface area contributed by atoms with Gasteiger partial charge in [-0.05, 0) is 6.42 Å². The lowest BCUT2D eigenvalue weighted by Gasteiger charge is -2.23. The van der Waals surface area contributed by atoms with Crippen LogP contribution in [0.3, 0.4) is 0 Å². The third-order valence-electron chi connectivity index (χ3n) is 2.73. The Bertz CT molecular complexity index is 390. The van der Waals surface area contributed by atoms with E-state index in [1.807, 2.05) is 0 Å². The van der Waals surface area contributed by atoms with Gasteiger partial charge in [0.1, 0.15) is 0 Å². The smallest absolute Gasteiger partial charge is 0.223 e. The van der Waals surface area contributed by atoms with Crippen molar-refractivity contribution in [3.8, 4) is 0 Å². The summed E-state index contributed by atoms with van der Waals surface area (Å²) in [7, 11) is -1.43. The molecule has 0 aromatic heterocycles. The molecule has 0 aromatic carbocycles. The van der Waals surface area contributed by atoms with Crippen molar-refractivity contribution < 1.29 is 18.0 Å². The number of primary amides is 1. The van der Waals surface area contributed by atoms with Crippen molar-refractivity contribution in [3.63, 3.8) is 0 Å². The van der Waals surface area contributed by atoms with E-state index in [2.05, 4.69) is 0 Å². The molecule has 0 aromatic rings. The Morgan fingerprint density at radius 1 is 1.38 bits per heavy atom. The number of hydrogen-bond acceptors (Lipinski definition) is 4. The van der Waals surface area contributed by atoms with Crippen molar-refractivity contribution in [1.29, 1.82) is 0 Å². The monoisotopic (exact) mass is 248 g/mol. The summed E-state index contributed by atoms with van der Waals surface area (Å²) in [5.74, 6) is -0.613.